The maximum atomic E-state index is 12.6. The second kappa shape index (κ2) is 11.8. The molecule has 0 aliphatic heterocycles. The Bertz CT molecular complexity index is 975. The van der Waals surface area contributed by atoms with E-state index < -0.39 is 0 Å². The Hall–Kier alpha value is -3.15. The number of carbonyl (C=O) groups is 1. The molecular weight excluding hydrogens is 376 g/mol. The van der Waals surface area contributed by atoms with Crippen molar-refractivity contribution in [3.63, 3.8) is 0 Å². The molecule has 0 radical (unpaired) electrons. The van der Waals surface area contributed by atoms with Crippen LogP contribution < -0.4 is 16.2 Å². The molecule has 0 fully saturated rings. The zero-order valence-corrected chi connectivity index (χ0v) is 18.1. The minimum atomic E-state index is -0.369. The summed E-state index contributed by atoms with van der Waals surface area (Å²) in [6, 6.07) is 3.47. The number of fused-ring (bicyclic) bond motifs is 1. The number of urea groups is 1. The molecule has 2 aromatic heterocycles. The number of nitrogens with one attached hydrogen (secondary N) is 3. The van der Waals surface area contributed by atoms with Crippen LogP contribution in [0.3, 0.4) is 0 Å². The zero-order valence-electron chi connectivity index (χ0n) is 18.1. The van der Waals surface area contributed by atoms with E-state index in [1.165, 1.54) is 0 Å². The second-order valence-corrected chi connectivity index (χ2v) is 7.25. The van der Waals surface area contributed by atoms with Crippen LogP contribution in [0, 0.1) is 0 Å². The van der Waals surface area contributed by atoms with Crippen molar-refractivity contribution < 1.29 is 4.79 Å². The number of nitrogens with zero attached hydrogens (tertiary/aromatic N) is 1. The lowest BCUT2D eigenvalue weighted by Crippen LogP contribution is -2.41. The molecule has 2 unspecified atom stereocenters. The molecule has 3 N–H and O–H groups in total. The Labute approximate surface area is 178 Å². The number of aromatic nitrogens is 2. The molecule has 2 heterocycles. The zero-order chi connectivity index (χ0) is 21.9. The molecule has 0 aromatic carbocycles. The molecule has 0 saturated carbocycles. The molecule has 0 aliphatic rings. The van der Waals surface area contributed by atoms with E-state index in [0.29, 0.717) is 11.3 Å². The molecule has 0 saturated heterocycles. The molecule has 30 heavy (non-hydrogen) atoms. The average molecular weight is 409 g/mol. The largest absolute Gasteiger partial charge is 0.335 e. The van der Waals surface area contributed by atoms with Gasteiger partial charge in [-0.05, 0) is 44.1 Å². The van der Waals surface area contributed by atoms with Gasteiger partial charge in [-0.3, -0.25) is 9.78 Å². The summed E-state index contributed by atoms with van der Waals surface area (Å²) in [5, 5.41) is 6.77. The summed E-state index contributed by atoms with van der Waals surface area (Å²) in [7, 11) is 0. The van der Waals surface area contributed by atoms with Gasteiger partial charge in [-0.25, -0.2) is 4.79 Å². The highest BCUT2D eigenvalue weighted by Crippen LogP contribution is 2.20. The highest BCUT2D eigenvalue weighted by Gasteiger charge is 2.14. The van der Waals surface area contributed by atoms with Crippen LogP contribution >= 0.6 is 0 Å². The van der Waals surface area contributed by atoms with Crippen molar-refractivity contribution >= 4 is 16.9 Å². The molecule has 0 bridgehead atoms. The summed E-state index contributed by atoms with van der Waals surface area (Å²) < 4.78 is 0. The predicted octanol–water partition coefficient (Wildman–Crippen LogP) is 4.92. The number of rotatable bonds is 10. The van der Waals surface area contributed by atoms with Gasteiger partial charge < -0.3 is 15.6 Å². The highest BCUT2D eigenvalue weighted by atomic mass is 16.2. The monoisotopic (exact) mass is 408 g/mol. The standard InChI is InChI=1S/C24H32N4O2/c1-5-9-11-19(8-4)26-24(30)27-20(10-6-2)14-17(7-3)21-15-18-16-25-13-12-22(18)28-23(21)29/h6-7,10,12-17,19H,3,5,8-9,11H2,1-2,4H3,(H,28,29)(H2,26,27,30)/b10-6-,20-14+. The lowest BCUT2D eigenvalue weighted by Gasteiger charge is -2.18. The number of hydrogen-bond acceptors (Lipinski definition) is 3. The van der Waals surface area contributed by atoms with Crippen LogP contribution in [0.15, 0.2) is 65.9 Å². The fourth-order valence-corrected chi connectivity index (χ4v) is 3.29. The van der Waals surface area contributed by atoms with Crippen LogP contribution in [0.5, 0.6) is 0 Å². The summed E-state index contributed by atoms with van der Waals surface area (Å²) in [5.41, 5.74) is 1.69. The molecule has 2 atom stereocenters. The number of pyridine rings is 2. The third-order valence-corrected chi connectivity index (χ3v) is 4.98. The van der Waals surface area contributed by atoms with E-state index in [9.17, 15) is 9.59 Å². The first-order chi connectivity index (χ1) is 14.5. The highest BCUT2D eigenvalue weighted by molar-refractivity contribution is 5.78. The first-order valence-corrected chi connectivity index (χ1v) is 10.5. The molecule has 6 nitrogen and oxygen atoms in total. The van der Waals surface area contributed by atoms with E-state index in [4.69, 9.17) is 0 Å². The minimum absolute atomic E-state index is 0.142. The van der Waals surface area contributed by atoms with Gasteiger partial charge >= 0.3 is 6.03 Å². The van der Waals surface area contributed by atoms with E-state index in [-0.39, 0.29) is 23.6 Å². The average Bonchev–Trinajstić information content (AvgIpc) is 2.74. The minimum Gasteiger partial charge on any atom is -0.335 e. The van der Waals surface area contributed by atoms with Gasteiger partial charge in [-0.1, -0.05) is 38.8 Å². The quantitative estimate of drug-likeness (QED) is 0.385. The summed E-state index contributed by atoms with van der Waals surface area (Å²) >= 11 is 0. The van der Waals surface area contributed by atoms with Crippen molar-refractivity contribution in [1.29, 1.82) is 0 Å². The van der Waals surface area contributed by atoms with E-state index >= 15 is 0 Å². The number of hydrogen-bond donors (Lipinski definition) is 3. The third-order valence-electron chi connectivity index (χ3n) is 4.98. The Morgan fingerprint density at radius 1 is 1.37 bits per heavy atom. The number of allylic oxidation sites excluding steroid dienone is 4. The van der Waals surface area contributed by atoms with Crippen molar-refractivity contribution in [2.45, 2.75) is 58.4 Å². The molecule has 6 heteroatoms. The van der Waals surface area contributed by atoms with Gasteiger partial charge in [-0.2, -0.15) is 0 Å². The van der Waals surface area contributed by atoms with Crippen molar-refractivity contribution in [3.05, 3.63) is 77.0 Å². The molecule has 2 amide bonds. The topological polar surface area (TPSA) is 86.9 Å². The van der Waals surface area contributed by atoms with Crippen molar-refractivity contribution in [2.75, 3.05) is 0 Å². The van der Waals surface area contributed by atoms with E-state index in [1.807, 2.05) is 25.1 Å². The van der Waals surface area contributed by atoms with Crippen molar-refractivity contribution in [2.24, 2.45) is 0 Å². The van der Waals surface area contributed by atoms with E-state index in [0.717, 1.165) is 36.6 Å². The van der Waals surface area contributed by atoms with Crippen LogP contribution in [-0.2, 0) is 0 Å². The Balaban J connectivity index is 2.25. The Morgan fingerprint density at radius 2 is 2.17 bits per heavy atom. The number of unbranched alkanes of at least 4 members (excludes halogenated alkanes) is 1. The number of carbonyl (C=O) groups excluding carboxylic acids is 1. The van der Waals surface area contributed by atoms with Gasteiger partial charge in [-0.15, -0.1) is 6.58 Å². The lowest BCUT2D eigenvalue weighted by atomic mass is 9.98. The first-order valence-electron chi connectivity index (χ1n) is 10.5. The van der Waals surface area contributed by atoms with Crippen LogP contribution in [0.2, 0.25) is 0 Å². The maximum absolute atomic E-state index is 12.6. The normalized spacial score (nSPS) is 13.9. The fraction of sp³-hybridized carbons (Fsp3) is 0.375. The Morgan fingerprint density at radius 3 is 2.83 bits per heavy atom. The molecule has 2 rings (SSSR count). The van der Waals surface area contributed by atoms with Crippen LogP contribution in [0.1, 0.15) is 57.9 Å². The molecule has 2 aromatic rings. The van der Waals surface area contributed by atoms with Gasteiger partial charge in [0.1, 0.15) is 0 Å². The number of aromatic amines is 1. The molecule has 160 valence electrons. The van der Waals surface area contributed by atoms with Gasteiger partial charge in [0.2, 0.25) is 0 Å². The van der Waals surface area contributed by atoms with E-state index in [2.05, 4.69) is 41.0 Å². The number of amides is 2. The van der Waals surface area contributed by atoms with Gasteiger partial charge in [0, 0.05) is 41.0 Å². The van der Waals surface area contributed by atoms with Crippen molar-refractivity contribution in [1.82, 2.24) is 20.6 Å². The molecule has 0 aliphatic carbocycles. The van der Waals surface area contributed by atoms with Gasteiger partial charge in [0.15, 0.2) is 0 Å². The first kappa shape index (κ1) is 23.1. The van der Waals surface area contributed by atoms with Gasteiger partial charge in [0.25, 0.3) is 5.56 Å². The lowest BCUT2D eigenvalue weighted by molar-refractivity contribution is 0.238. The molecule has 0 spiro atoms. The summed E-state index contributed by atoms with van der Waals surface area (Å²) in [6.45, 7) is 9.96. The summed E-state index contributed by atoms with van der Waals surface area (Å²) in [6.07, 6.45) is 14.5. The predicted molar refractivity (Wildman–Crippen MR) is 123 cm³/mol. The maximum Gasteiger partial charge on any atom is 0.319 e. The molecular formula is C24H32N4O2. The summed E-state index contributed by atoms with van der Waals surface area (Å²) in [4.78, 5) is 32.1. The van der Waals surface area contributed by atoms with Gasteiger partial charge in [0.05, 0.1) is 5.52 Å². The Kier molecular flexibility index (Phi) is 9.06. The third kappa shape index (κ3) is 6.44. The van der Waals surface area contributed by atoms with Crippen LogP contribution in [0.4, 0.5) is 4.79 Å². The SMILES string of the molecule is C=CC(/C=C(\C=C/C)NC(=O)NC(CC)CCCC)c1cc2cnccc2[nH]c1=O. The fourth-order valence-electron chi connectivity index (χ4n) is 3.29. The summed E-state index contributed by atoms with van der Waals surface area (Å²) in [5.74, 6) is -0.369. The second-order valence-electron chi connectivity index (χ2n) is 7.25. The number of H-pyrrole nitrogens is 1. The van der Waals surface area contributed by atoms with Crippen molar-refractivity contribution in [3.8, 4) is 0 Å². The van der Waals surface area contributed by atoms with E-state index in [1.54, 1.807) is 30.6 Å². The van der Waals surface area contributed by atoms with Crippen LogP contribution in [0.25, 0.3) is 10.9 Å². The smallest absolute Gasteiger partial charge is 0.319 e. The van der Waals surface area contributed by atoms with Crippen LogP contribution in [-0.4, -0.2) is 22.0 Å².